The van der Waals surface area contributed by atoms with Gasteiger partial charge in [0.25, 0.3) is 5.91 Å². The van der Waals surface area contributed by atoms with E-state index in [1.807, 2.05) is 24.3 Å². The van der Waals surface area contributed by atoms with Gasteiger partial charge in [0.2, 0.25) is 0 Å². The molecule has 2 aliphatic rings. The number of carbonyl (C=O) groups excluding carboxylic acids is 2. The van der Waals surface area contributed by atoms with Gasteiger partial charge in [-0.05, 0) is 37.3 Å². The van der Waals surface area contributed by atoms with Crippen LogP contribution < -0.4 is 19.5 Å². The number of anilines is 1. The SMILES string of the molecule is CC(OC(=O)c1cc2c(s1)-c1ccccc1OC2)C(=O)Nc1ccc2c(c1)OCCO2. The summed E-state index contributed by atoms with van der Waals surface area (Å²) in [5.41, 5.74) is 2.43. The third-order valence-electron chi connectivity index (χ3n) is 4.99. The summed E-state index contributed by atoms with van der Waals surface area (Å²) in [6.07, 6.45) is -0.969. The molecule has 8 heteroatoms. The molecule has 31 heavy (non-hydrogen) atoms. The second-order valence-electron chi connectivity index (χ2n) is 7.15. The molecule has 3 aromatic rings. The first kappa shape index (κ1) is 19.4. The number of fused-ring (bicyclic) bond motifs is 4. The average molecular weight is 437 g/mol. The monoisotopic (exact) mass is 437 g/mol. The van der Waals surface area contributed by atoms with Crippen molar-refractivity contribution in [3.63, 3.8) is 0 Å². The Bertz CT molecular complexity index is 1170. The summed E-state index contributed by atoms with van der Waals surface area (Å²) in [6, 6.07) is 14.6. The highest BCUT2D eigenvalue weighted by atomic mass is 32.1. The minimum absolute atomic E-state index is 0.399. The molecular weight excluding hydrogens is 418 g/mol. The van der Waals surface area contributed by atoms with E-state index < -0.39 is 18.0 Å². The van der Waals surface area contributed by atoms with Crippen LogP contribution in [0.5, 0.6) is 17.2 Å². The first-order valence-corrected chi connectivity index (χ1v) is 10.7. The van der Waals surface area contributed by atoms with E-state index in [1.54, 1.807) is 24.3 Å². The lowest BCUT2D eigenvalue weighted by Crippen LogP contribution is -2.29. The lowest BCUT2D eigenvalue weighted by atomic mass is 10.1. The van der Waals surface area contributed by atoms with Gasteiger partial charge in [-0.2, -0.15) is 0 Å². The zero-order chi connectivity index (χ0) is 21.4. The Morgan fingerprint density at radius 3 is 2.68 bits per heavy atom. The third kappa shape index (κ3) is 3.82. The number of para-hydroxylation sites is 1. The maximum Gasteiger partial charge on any atom is 0.349 e. The van der Waals surface area contributed by atoms with E-state index in [4.69, 9.17) is 18.9 Å². The summed E-state index contributed by atoms with van der Waals surface area (Å²) in [7, 11) is 0. The summed E-state index contributed by atoms with van der Waals surface area (Å²) >= 11 is 1.34. The first-order chi connectivity index (χ1) is 15.1. The molecule has 1 atom stereocenters. The van der Waals surface area contributed by atoms with E-state index in [1.165, 1.54) is 18.3 Å². The van der Waals surface area contributed by atoms with Crippen LogP contribution in [0, 0.1) is 0 Å². The number of benzene rings is 2. The van der Waals surface area contributed by atoms with Crippen molar-refractivity contribution in [1.82, 2.24) is 0 Å². The molecule has 1 aromatic heterocycles. The third-order valence-corrected chi connectivity index (χ3v) is 6.18. The van der Waals surface area contributed by atoms with Crippen LogP contribution in [0.15, 0.2) is 48.5 Å². The molecule has 0 saturated carbocycles. The van der Waals surface area contributed by atoms with E-state index in [9.17, 15) is 9.59 Å². The van der Waals surface area contributed by atoms with Gasteiger partial charge in [0.15, 0.2) is 17.6 Å². The number of nitrogens with one attached hydrogen (secondary N) is 1. The lowest BCUT2D eigenvalue weighted by molar-refractivity contribution is -0.123. The van der Waals surface area contributed by atoms with Gasteiger partial charge in [-0.3, -0.25) is 4.79 Å². The van der Waals surface area contributed by atoms with Crippen LogP contribution in [0.3, 0.4) is 0 Å². The van der Waals surface area contributed by atoms with Gasteiger partial charge in [-0.15, -0.1) is 11.3 Å². The minimum atomic E-state index is -0.969. The van der Waals surface area contributed by atoms with Gasteiger partial charge in [0.1, 0.15) is 30.4 Å². The molecule has 1 N–H and O–H groups in total. The van der Waals surface area contributed by atoms with Gasteiger partial charge in [-0.25, -0.2) is 4.79 Å². The molecule has 3 heterocycles. The molecule has 7 nitrogen and oxygen atoms in total. The number of thiophene rings is 1. The topological polar surface area (TPSA) is 83.1 Å². The maximum atomic E-state index is 12.7. The second kappa shape index (κ2) is 7.96. The molecule has 0 spiro atoms. The summed E-state index contributed by atoms with van der Waals surface area (Å²) in [5, 5.41) is 2.74. The number of carbonyl (C=O) groups is 2. The fourth-order valence-electron chi connectivity index (χ4n) is 3.44. The fourth-order valence-corrected chi connectivity index (χ4v) is 4.52. The van der Waals surface area contributed by atoms with Crippen molar-refractivity contribution in [2.24, 2.45) is 0 Å². The van der Waals surface area contributed by atoms with Gasteiger partial charge >= 0.3 is 5.97 Å². The van der Waals surface area contributed by atoms with Crippen LogP contribution in [0.4, 0.5) is 5.69 Å². The molecule has 2 aromatic carbocycles. The fraction of sp³-hybridized carbons (Fsp3) is 0.217. The van der Waals surface area contributed by atoms with E-state index in [0.29, 0.717) is 41.9 Å². The highest BCUT2D eigenvalue weighted by Crippen LogP contribution is 2.42. The number of ether oxygens (including phenoxy) is 4. The molecule has 0 aliphatic carbocycles. The molecule has 158 valence electrons. The second-order valence-corrected chi connectivity index (χ2v) is 8.20. The van der Waals surface area contributed by atoms with Crippen molar-refractivity contribution < 1.29 is 28.5 Å². The maximum absolute atomic E-state index is 12.7. The molecule has 2 aliphatic heterocycles. The van der Waals surface area contributed by atoms with Gasteiger partial charge < -0.3 is 24.3 Å². The molecule has 5 rings (SSSR count). The zero-order valence-corrected chi connectivity index (χ0v) is 17.5. The molecule has 0 radical (unpaired) electrons. The number of hydrogen-bond acceptors (Lipinski definition) is 7. The minimum Gasteiger partial charge on any atom is -0.488 e. The Labute approximate surface area is 182 Å². The average Bonchev–Trinajstić information content (AvgIpc) is 3.24. The van der Waals surface area contributed by atoms with Crippen LogP contribution in [0.1, 0.15) is 22.2 Å². The van der Waals surface area contributed by atoms with Gasteiger partial charge in [0, 0.05) is 27.8 Å². The predicted octanol–water partition coefficient (Wildman–Crippen LogP) is 4.26. The summed E-state index contributed by atoms with van der Waals surface area (Å²) in [5.74, 6) is 1.03. The quantitative estimate of drug-likeness (QED) is 0.614. The van der Waals surface area contributed by atoms with E-state index in [0.717, 1.165) is 21.8 Å². The lowest BCUT2D eigenvalue weighted by Gasteiger charge is -2.19. The van der Waals surface area contributed by atoms with Gasteiger partial charge in [-0.1, -0.05) is 12.1 Å². The molecule has 1 amide bonds. The van der Waals surface area contributed by atoms with Crippen LogP contribution >= 0.6 is 11.3 Å². The predicted molar refractivity (Wildman–Crippen MR) is 115 cm³/mol. The summed E-state index contributed by atoms with van der Waals surface area (Å²) in [6.45, 7) is 2.89. The smallest absolute Gasteiger partial charge is 0.349 e. The number of amides is 1. The Morgan fingerprint density at radius 1 is 1.00 bits per heavy atom. The Kier molecular flexibility index (Phi) is 4.99. The Hall–Kier alpha value is -3.52. The molecule has 0 bridgehead atoms. The van der Waals surface area contributed by atoms with E-state index >= 15 is 0 Å². The Morgan fingerprint density at radius 2 is 1.81 bits per heavy atom. The normalized spacial score (nSPS) is 14.5. The molecule has 0 fully saturated rings. The zero-order valence-electron chi connectivity index (χ0n) is 16.7. The van der Waals surface area contributed by atoms with E-state index in [-0.39, 0.29) is 0 Å². The van der Waals surface area contributed by atoms with Crippen molar-refractivity contribution in [2.45, 2.75) is 19.6 Å². The van der Waals surface area contributed by atoms with Crippen LogP contribution in [0.2, 0.25) is 0 Å². The number of hydrogen-bond donors (Lipinski definition) is 1. The van der Waals surface area contributed by atoms with Crippen molar-refractivity contribution in [3.8, 4) is 27.7 Å². The Balaban J connectivity index is 1.26. The number of esters is 1. The number of rotatable bonds is 4. The first-order valence-electron chi connectivity index (χ1n) is 9.85. The van der Waals surface area contributed by atoms with Crippen LogP contribution in [-0.2, 0) is 16.1 Å². The van der Waals surface area contributed by atoms with Crippen molar-refractivity contribution >= 4 is 28.9 Å². The highest BCUT2D eigenvalue weighted by Gasteiger charge is 2.25. The largest absolute Gasteiger partial charge is 0.488 e. The van der Waals surface area contributed by atoms with Crippen LogP contribution in [0.25, 0.3) is 10.4 Å². The van der Waals surface area contributed by atoms with Crippen molar-refractivity contribution in [1.29, 1.82) is 0 Å². The molecule has 1 unspecified atom stereocenters. The standard InChI is InChI=1S/C23H19NO6S/c1-13(22(25)24-15-6-7-18-19(11-15)28-9-8-27-18)30-23(26)20-10-14-12-29-17-5-3-2-4-16(17)21(14)31-20/h2-7,10-11,13H,8-9,12H2,1H3,(H,24,25). The highest BCUT2D eigenvalue weighted by molar-refractivity contribution is 7.17. The van der Waals surface area contributed by atoms with Crippen molar-refractivity contribution in [3.05, 3.63) is 59.0 Å². The molecule has 0 saturated heterocycles. The van der Waals surface area contributed by atoms with Crippen LogP contribution in [-0.4, -0.2) is 31.2 Å². The molecular formula is C23H19NO6S. The summed E-state index contributed by atoms with van der Waals surface area (Å²) < 4.78 is 22.1. The van der Waals surface area contributed by atoms with Gasteiger partial charge in [0.05, 0.1) is 0 Å². The van der Waals surface area contributed by atoms with Crippen molar-refractivity contribution in [2.75, 3.05) is 18.5 Å². The van der Waals surface area contributed by atoms with E-state index in [2.05, 4.69) is 5.32 Å². The summed E-state index contributed by atoms with van der Waals surface area (Å²) in [4.78, 5) is 26.6.